The fourth-order valence-electron chi connectivity index (χ4n) is 1.74. The number of rotatable bonds is 4. The van der Waals surface area contributed by atoms with Crippen molar-refractivity contribution in [2.75, 3.05) is 0 Å². The lowest BCUT2D eigenvalue weighted by atomic mass is 10.1. The Morgan fingerprint density at radius 3 is 2.45 bits per heavy atom. The normalized spacial score (nSPS) is 11.6. The molecule has 0 radical (unpaired) electrons. The van der Waals surface area contributed by atoms with Gasteiger partial charge in [0.1, 0.15) is 11.5 Å². The summed E-state index contributed by atoms with van der Waals surface area (Å²) in [6.07, 6.45) is -2.42. The van der Waals surface area contributed by atoms with Crippen molar-refractivity contribution in [1.29, 1.82) is 0 Å². The van der Waals surface area contributed by atoms with Crippen LogP contribution in [0.25, 0.3) is 0 Å². The zero-order chi connectivity index (χ0) is 14.8. The first-order valence-electron chi connectivity index (χ1n) is 5.94. The van der Waals surface area contributed by atoms with Crippen LogP contribution in [0, 0.1) is 0 Å². The quantitative estimate of drug-likeness (QED) is 0.863. The third-order valence-electron chi connectivity index (χ3n) is 2.66. The van der Waals surface area contributed by atoms with Gasteiger partial charge in [0.2, 0.25) is 0 Å². The van der Waals surface area contributed by atoms with Gasteiger partial charge in [-0.25, -0.2) is 4.98 Å². The molecular weight excluding hydrogens is 271 g/mol. The summed E-state index contributed by atoms with van der Waals surface area (Å²) in [4.78, 5) is 14.9. The van der Waals surface area contributed by atoms with E-state index in [4.69, 9.17) is 4.42 Å². The average Bonchev–Trinajstić information content (AvgIpc) is 2.75. The Bertz CT molecular complexity index is 600. The first-order valence-corrected chi connectivity index (χ1v) is 5.94. The summed E-state index contributed by atoms with van der Waals surface area (Å²) in [6, 6.07) is 4.82. The summed E-state index contributed by atoms with van der Waals surface area (Å²) >= 11 is 0. The van der Waals surface area contributed by atoms with Crippen molar-refractivity contribution in [2.24, 2.45) is 0 Å². The van der Waals surface area contributed by atoms with E-state index in [-0.39, 0.29) is 18.6 Å². The summed E-state index contributed by atoms with van der Waals surface area (Å²) in [5, 5.41) is 0. The molecule has 3 nitrogen and oxygen atoms in total. The van der Waals surface area contributed by atoms with Crippen LogP contribution in [0.2, 0.25) is 0 Å². The van der Waals surface area contributed by atoms with Gasteiger partial charge in [0.25, 0.3) is 0 Å². The summed E-state index contributed by atoms with van der Waals surface area (Å²) < 4.78 is 42.6. The maximum atomic E-state index is 12.4. The molecular formula is C14H12F3NO2. The molecule has 1 aromatic carbocycles. The highest BCUT2D eigenvalue weighted by Crippen LogP contribution is 2.29. The topological polar surface area (TPSA) is 43.1 Å². The van der Waals surface area contributed by atoms with Gasteiger partial charge in [-0.05, 0) is 24.6 Å². The molecule has 0 amide bonds. The second-order valence-corrected chi connectivity index (χ2v) is 4.47. The average molecular weight is 283 g/mol. The molecule has 0 fully saturated rings. The fourth-order valence-corrected chi connectivity index (χ4v) is 1.74. The minimum atomic E-state index is -4.34. The second kappa shape index (κ2) is 5.48. The number of halogens is 3. The molecule has 2 aromatic rings. The van der Waals surface area contributed by atoms with E-state index in [1.165, 1.54) is 25.3 Å². The molecule has 0 aliphatic rings. The lowest BCUT2D eigenvalue weighted by Gasteiger charge is -2.06. The molecule has 0 saturated heterocycles. The van der Waals surface area contributed by atoms with Crippen molar-refractivity contribution < 1.29 is 22.4 Å². The standard InChI is InChI=1S/C14H12F3NO2/c1-9(19)6-12-8-18-13(20-12)7-10-2-4-11(5-3-10)14(15,16)17/h2-5,8H,6-7H2,1H3. The molecule has 0 aliphatic carbocycles. The van der Waals surface area contributed by atoms with Gasteiger partial charge in [0.05, 0.1) is 18.2 Å². The SMILES string of the molecule is CC(=O)Cc1cnc(Cc2ccc(C(F)(F)F)cc2)o1. The third-order valence-corrected chi connectivity index (χ3v) is 2.66. The lowest BCUT2D eigenvalue weighted by molar-refractivity contribution is -0.137. The second-order valence-electron chi connectivity index (χ2n) is 4.47. The van der Waals surface area contributed by atoms with Gasteiger partial charge in [-0.15, -0.1) is 0 Å². The zero-order valence-electron chi connectivity index (χ0n) is 10.7. The van der Waals surface area contributed by atoms with Crippen molar-refractivity contribution in [3.63, 3.8) is 0 Å². The van der Waals surface area contributed by atoms with E-state index in [1.54, 1.807) is 0 Å². The van der Waals surface area contributed by atoms with Crippen LogP contribution < -0.4 is 0 Å². The molecule has 106 valence electrons. The van der Waals surface area contributed by atoms with E-state index in [0.717, 1.165) is 12.1 Å². The van der Waals surface area contributed by atoms with Crippen LogP contribution in [0.4, 0.5) is 13.2 Å². The first-order chi connectivity index (χ1) is 9.34. The number of oxazole rings is 1. The molecule has 0 atom stereocenters. The van der Waals surface area contributed by atoms with E-state index in [2.05, 4.69) is 4.98 Å². The monoisotopic (exact) mass is 283 g/mol. The van der Waals surface area contributed by atoms with Crippen molar-refractivity contribution in [2.45, 2.75) is 25.9 Å². The molecule has 0 spiro atoms. The molecule has 0 aliphatic heterocycles. The van der Waals surface area contributed by atoms with E-state index in [0.29, 0.717) is 17.2 Å². The van der Waals surface area contributed by atoms with Crippen LogP contribution in [0.15, 0.2) is 34.9 Å². The Balaban J connectivity index is 2.06. The number of aromatic nitrogens is 1. The number of hydrogen-bond acceptors (Lipinski definition) is 3. The minimum Gasteiger partial charge on any atom is -0.445 e. The first kappa shape index (κ1) is 14.3. The smallest absolute Gasteiger partial charge is 0.416 e. The molecule has 6 heteroatoms. The number of alkyl halides is 3. The van der Waals surface area contributed by atoms with E-state index in [1.807, 2.05) is 0 Å². The van der Waals surface area contributed by atoms with Gasteiger partial charge in [-0.1, -0.05) is 12.1 Å². The van der Waals surface area contributed by atoms with Crippen LogP contribution in [0.3, 0.4) is 0 Å². The van der Waals surface area contributed by atoms with Crippen molar-refractivity contribution in [3.8, 4) is 0 Å². The van der Waals surface area contributed by atoms with Gasteiger partial charge >= 0.3 is 6.18 Å². The van der Waals surface area contributed by atoms with E-state index < -0.39 is 11.7 Å². The summed E-state index contributed by atoms with van der Waals surface area (Å²) in [7, 11) is 0. The van der Waals surface area contributed by atoms with Gasteiger partial charge in [-0.3, -0.25) is 4.79 Å². The summed E-state index contributed by atoms with van der Waals surface area (Å²) in [6.45, 7) is 1.44. The molecule has 0 N–H and O–H groups in total. The maximum Gasteiger partial charge on any atom is 0.416 e. The molecule has 1 aromatic heterocycles. The third kappa shape index (κ3) is 3.69. The van der Waals surface area contributed by atoms with Gasteiger partial charge < -0.3 is 4.42 Å². The Labute approximate surface area is 113 Å². The van der Waals surface area contributed by atoms with Crippen molar-refractivity contribution in [3.05, 3.63) is 53.2 Å². The predicted molar refractivity (Wildman–Crippen MR) is 65.1 cm³/mol. The molecule has 0 unspecified atom stereocenters. The van der Waals surface area contributed by atoms with Crippen LogP contribution in [-0.2, 0) is 23.8 Å². The zero-order valence-corrected chi connectivity index (χ0v) is 10.7. The number of nitrogens with zero attached hydrogens (tertiary/aromatic N) is 1. The fraction of sp³-hybridized carbons (Fsp3) is 0.286. The molecule has 1 heterocycles. The van der Waals surface area contributed by atoms with E-state index >= 15 is 0 Å². The van der Waals surface area contributed by atoms with Crippen LogP contribution in [0.1, 0.15) is 29.7 Å². The number of ketones is 1. The highest BCUT2D eigenvalue weighted by molar-refractivity contribution is 5.77. The Hall–Kier alpha value is -2.11. The number of Topliss-reactive ketones (excluding diaryl/α,β-unsaturated/α-hetero) is 1. The molecule has 2 rings (SSSR count). The largest absolute Gasteiger partial charge is 0.445 e. The number of hydrogen-bond donors (Lipinski definition) is 0. The highest BCUT2D eigenvalue weighted by atomic mass is 19.4. The van der Waals surface area contributed by atoms with Crippen molar-refractivity contribution >= 4 is 5.78 Å². The molecule has 20 heavy (non-hydrogen) atoms. The van der Waals surface area contributed by atoms with Gasteiger partial charge in [0.15, 0.2) is 5.89 Å². The lowest BCUT2D eigenvalue weighted by Crippen LogP contribution is -2.04. The number of benzene rings is 1. The number of carbonyl (C=O) groups is 1. The molecule has 0 bridgehead atoms. The van der Waals surface area contributed by atoms with Crippen LogP contribution >= 0.6 is 0 Å². The highest BCUT2D eigenvalue weighted by Gasteiger charge is 2.29. The van der Waals surface area contributed by atoms with Crippen LogP contribution in [-0.4, -0.2) is 10.8 Å². The Kier molecular flexibility index (Phi) is 3.92. The number of carbonyl (C=O) groups excluding carboxylic acids is 1. The predicted octanol–water partition coefficient (Wildman–Crippen LogP) is 3.42. The summed E-state index contributed by atoms with van der Waals surface area (Å²) in [5.74, 6) is 0.794. The Morgan fingerprint density at radius 1 is 1.25 bits per heavy atom. The Morgan fingerprint density at radius 2 is 1.90 bits per heavy atom. The summed E-state index contributed by atoms with van der Waals surface area (Å²) in [5.41, 5.74) is -0.0276. The van der Waals surface area contributed by atoms with Crippen LogP contribution in [0.5, 0.6) is 0 Å². The maximum absolute atomic E-state index is 12.4. The van der Waals surface area contributed by atoms with Gasteiger partial charge in [0, 0.05) is 6.42 Å². The van der Waals surface area contributed by atoms with Crippen molar-refractivity contribution in [1.82, 2.24) is 4.98 Å². The molecule has 0 saturated carbocycles. The van der Waals surface area contributed by atoms with E-state index in [9.17, 15) is 18.0 Å². The minimum absolute atomic E-state index is 0.0396. The van der Waals surface area contributed by atoms with Gasteiger partial charge in [-0.2, -0.15) is 13.2 Å².